The second-order valence-corrected chi connectivity index (χ2v) is 5.52. The van der Waals surface area contributed by atoms with Gasteiger partial charge in [-0.2, -0.15) is 0 Å². The number of rotatable bonds is 3. The third kappa shape index (κ3) is 2.64. The number of halogens is 1. The molecule has 0 aliphatic rings. The van der Waals surface area contributed by atoms with E-state index in [-0.39, 0.29) is 5.82 Å². The van der Waals surface area contributed by atoms with Crippen LogP contribution in [0.5, 0.6) is 0 Å². The first-order valence-electron chi connectivity index (χ1n) is 6.56. The van der Waals surface area contributed by atoms with Gasteiger partial charge in [-0.05, 0) is 42.8 Å². The highest BCUT2D eigenvalue weighted by atomic mass is 32.1. The lowest BCUT2D eigenvalue weighted by atomic mass is 10.1. The van der Waals surface area contributed by atoms with Crippen LogP contribution in [0.15, 0.2) is 42.6 Å². The van der Waals surface area contributed by atoms with Crippen LogP contribution in [0.4, 0.5) is 4.39 Å². The standard InChI is InChI=1S/C16H14FN3S/c1-10-2-7-15-19-16(11-3-5-12(17)6-4-11)13(8-14(18)21)20(15)9-10/h2-7,9H,8H2,1H3,(H2,18,21). The zero-order valence-corrected chi connectivity index (χ0v) is 12.3. The molecule has 3 rings (SSSR count). The molecule has 0 bridgehead atoms. The molecule has 106 valence electrons. The zero-order chi connectivity index (χ0) is 15.0. The molecule has 0 atom stereocenters. The highest BCUT2D eigenvalue weighted by molar-refractivity contribution is 7.80. The highest BCUT2D eigenvalue weighted by Gasteiger charge is 2.15. The predicted octanol–water partition coefficient (Wildman–Crippen LogP) is 3.28. The van der Waals surface area contributed by atoms with E-state index in [4.69, 9.17) is 18.0 Å². The van der Waals surface area contributed by atoms with E-state index in [1.54, 1.807) is 12.1 Å². The van der Waals surface area contributed by atoms with Crippen molar-refractivity contribution in [2.24, 2.45) is 5.73 Å². The van der Waals surface area contributed by atoms with Crippen LogP contribution in [0.1, 0.15) is 11.3 Å². The van der Waals surface area contributed by atoms with Crippen molar-refractivity contribution in [3.05, 3.63) is 59.7 Å². The number of imidazole rings is 1. The molecule has 5 heteroatoms. The van der Waals surface area contributed by atoms with Crippen molar-refractivity contribution in [3.8, 4) is 11.3 Å². The molecule has 3 aromatic rings. The smallest absolute Gasteiger partial charge is 0.137 e. The summed E-state index contributed by atoms with van der Waals surface area (Å²) in [7, 11) is 0. The van der Waals surface area contributed by atoms with Crippen molar-refractivity contribution in [1.29, 1.82) is 0 Å². The minimum atomic E-state index is -0.269. The second kappa shape index (κ2) is 5.26. The molecular weight excluding hydrogens is 285 g/mol. The number of hydrogen-bond donors (Lipinski definition) is 1. The molecular formula is C16H14FN3S. The van der Waals surface area contributed by atoms with Gasteiger partial charge in [0, 0.05) is 18.2 Å². The van der Waals surface area contributed by atoms with E-state index in [0.717, 1.165) is 28.2 Å². The summed E-state index contributed by atoms with van der Waals surface area (Å²) in [6.45, 7) is 2.02. The van der Waals surface area contributed by atoms with Crippen LogP contribution in [0.2, 0.25) is 0 Å². The molecule has 0 amide bonds. The lowest BCUT2D eigenvalue weighted by Crippen LogP contribution is -2.13. The number of nitrogens with two attached hydrogens (primary N) is 1. The summed E-state index contributed by atoms with van der Waals surface area (Å²) in [5.41, 5.74) is 10.2. The van der Waals surface area contributed by atoms with E-state index in [1.165, 1.54) is 12.1 Å². The Bertz CT molecular complexity index is 821. The van der Waals surface area contributed by atoms with Crippen LogP contribution in [0, 0.1) is 12.7 Å². The molecule has 21 heavy (non-hydrogen) atoms. The fraction of sp³-hybridized carbons (Fsp3) is 0.125. The fourth-order valence-electron chi connectivity index (χ4n) is 2.37. The maximum Gasteiger partial charge on any atom is 0.137 e. The number of thiocarbonyl (C=S) groups is 1. The Labute approximate surface area is 127 Å². The summed E-state index contributed by atoms with van der Waals surface area (Å²) in [4.78, 5) is 5.04. The first kappa shape index (κ1) is 13.7. The monoisotopic (exact) mass is 299 g/mol. The summed E-state index contributed by atoms with van der Waals surface area (Å²) >= 11 is 5.05. The van der Waals surface area contributed by atoms with Crippen molar-refractivity contribution in [2.45, 2.75) is 13.3 Å². The summed E-state index contributed by atoms with van der Waals surface area (Å²) in [6, 6.07) is 10.2. The topological polar surface area (TPSA) is 43.3 Å². The molecule has 0 fully saturated rings. The Balaban J connectivity index is 2.25. The average Bonchev–Trinajstić information content (AvgIpc) is 2.77. The minimum Gasteiger partial charge on any atom is -0.393 e. The van der Waals surface area contributed by atoms with Gasteiger partial charge in [-0.15, -0.1) is 0 Å². The second-order valence-electron chi connectivity index (χ2n) is 4.99. The Morgan fingerprint density at radius 3 is 2.62 bits per heavy atom. The molecule has 2 aromatic heterocycles. The van der Waals surface area contributed by atoms with Crippen molar-refractivity contribution in [2.75, 3.05) is 0 Å². The van der Waals surface area contributed by atoms with Gasteiger partial charge < -0.3 is 10.1 Å². The number of nitrogens with zero attached hydrogens (tertiary/aromatic N) is 2. The largest absolute Gasteiger partial charge is 0.393 e. The molecule has 0 aliphatic heterocycles. The number of benzene rings is 1. The number of aryl methyl sites for hydroxylation is 1. The zero-order valence-electron chi connectivity index (χ0n) is 11.5. The maximum atomic E-state index is 13.1. The molecule has 2 N–H and O–H groups in total. The van der Waals surface area contributed by atoms with E-state index < -0.39 is 0 Å². The van der Waals surface area contributed by atoms with E-state index in [1.807, 2.05) is 29.7 Å². The number of aromatic nitrogens is 2. The van der Waals surface area contributed by atoms with Gasteiger partial charge in [0.05, 0.1) is 16.4 Å². The van der Waals surface area contributed by atoms with Crippen molar-refractivity contribution >= 4 is 22.9 Å². The van der Waals surface area contributed by atoms with Gasteiger partial charge in [-0.1, -0.05) is 18.3 Å². The van der Waals surface area contributed by atoms with E-state index in [0.29, 0.717) is 11.4 Å². The summed E-state index contributed by atoms with van der Waals surface area (Å²) in [5, 5.41) is 0. The molecule has 0 radical (unpaired) electrons. The fourth-order valence-corrected chi connectivity index (χ4v) is 2.51. The molecule has 0 saturated carbocycles. The van der Waals surface area contributed by atoms with Gasteiger partial charge in [0.25, 0.3) is 0 Å². The molecule has 0 spiro atoms. The first-order valence-corrected chi connectivity index (χ1v) is 6.97. The lowest BCUT2D eigenvalue weighted by molar-refractivity contribution is 0.628. The molecule has 1 aromatic carbocycles. The summed E-state index contributed by atoms with van der Waals surface area (Å²) in [6.07, 6.45) is 2.45. The Morgan fingerprint density at radius 2 is 1.95 bits per heavy atom. The molecule has 0 unspecified atom stereocenters. The van der Waals surface area contributed by atoms with E-state index in [9.17, 15) is 4.39 Å². The van der Waals surface area contributed by atoms with Crippen molar-refractivity contribution < 1.29 is 4.39 Å². The first-order chi connectivity index (χ1) is 10.0. The third-order valence-electron chi connectivity index (χ3n) is 3.32. The van der Waals surface area contributed by atoms with Crippen molar-refractivity contribution in [3.63, 3.8) is 0 Å². The maximum absolute atomic E-state index is 13.1. The quantitative estimate of drug-likeness (QED) is 0.755. The average molecular weight is 299 g/mol. The third-order valence-corrected chi connectivity index (χ3v) is 3.47. The number of hydrogen-bond acceptors (Lipinski definition) is 2. The predicted molar refractivity (Wildman–Crippen MR) is 85.8 cm³/mol. The SMILES string of the molecule is Cc1ccc2nc(-c3ccc(F)cc3)c(CC(N)=S)n2c1. The van der Waals surface area contributed by atoms with Gasteiger partial charge in [0.1, 0.15) is 11.5 Å². The molecule has 0 saturated heterocycles. The Kier molecular flexibility index (Phi) is 3.43. The highest BCUT2D eigenvalue weighted by Crippen LogP contribution is 2.25. The molecule has 0 aliphatic carbocycles. The van der Waals surface area contributed by atoms with Crippen LogP contribution in [-0.4, -0.2) is 14.4 Å². The molecule has 2 heterocycles. The van der Waals surface area contributed by atoms with Crippen molar-refractivity contribution in [1.82, 2.24) is 9.38 Å². The Morgan fingerprint density at radius 1 is 1.24 bits per heavy atom. The number of fused-ring (bicyclic) bond motifs is 1. The van der Waals surface area contributed by atoms with E-state index >= 15 is 0 Å². The van der Waals surface area contributed by atoms with Gasteiger partial charge in [0.15, 0.2) is 0 Å². The van der Waals surface area contributed by atoms with E-state index in [2.05, 4.69) is 4.98 Å². The Hall–Kier alpha value is -2.27. The normalized spacial score (nSPS) is 11.0. The minimum absolute atomic E-state index is 0.269. The van der Waals surface area contributed by atoms with Crippen LogP contribution in [-0.2, 0) is 6.42 Å². The van der Waals surface area contributed by atoms with Gasteiger partial charge in [-0.3, -0.25) is 0 Å². The van der Waals surface area contributed by atoms with Crippen LogP contribution in [0.3, 0.4) is 0 Å². The van der Waals surface area contributed by atoms with Crippen LogP contribution >= 0.6 is 12.2 Å². The molecule has 3 nitrogen and oxygen atoms in total. The van der Waals surface area contributed by atoms with Crippen LogP contribution < -0.4 is 5.73 Å². The van der Waals surface area contributed by atoms with Gasteiger partial charge in [0.2, 0.25) is 0 Å². The lowest BCUT2D eigenvalue weighted by Gasteiger charge is -2.05. The summed E-state index contributed by atoms with van der Waals surface area (Å²) in [5.74, 6) is -0.269. The number of pyridine rings is 1. The van der Waals surface area contributed by atoms with Gasteiger partial charge >= 0.3 is 0 Å². The van der Waals surface area contributed by atoms with Gasteiger partial charge in [-0.25, -0.2) is 9.37 Å². The van der Waals surface area contributed by atoms with Crippen LogP contribution in [0.25, 0.3) is 16.9 Å². The summed E-state index contributed by atoms with van der Waals surface area (Å²) < 4.78 is 15.1.